The fourth-order valence-electron chi connectivity index (χ4n) is 3.55. The molecule has 0 spiro atoms. The molecule has 12 nitrogen and oxygen atoms in total. The Morgan fingerprint density at radius 2 is 1.97 bits per heavy atom. The second kappa shape index (κ2) is 10.1. The van der Waals surface area contributed by atoms with Crippen LogP contribution in [0.2, 0.25) is 0 Å². The zero-order valence-corrected chi connectivity index (χ0v) is 19.1. The highest BCUT2D eigenvalue weighted by atomic mass is 16.5. The third-order valence-electron chi connectivity index (χ3n) is 5.29. The molecule has 1 aliphatic rings. The average molecular weight is 517 g/mol. The van der Waals surface area contributed by atoms with Crippen molar-refractivity contribution in [3.8, 4) is 17.3 Å². The van der Waals surface area contributed by atoms with E-state index in [4.69, 9.17) is 32.7 Å². The molecule has 5 heterocycles. The predicted octanol–water partition coefficient (Wildman–Crippen LogP) is 2.16. The van der Waals surface area contributed by atoms with Gasteiger partial charge in [-0.05, 0) is 36.4 Å². The number of piperazine rings is 1. The molecule has 0 radical (unpaired) electrons. The quantitative estimate of drug-likeness (QED) is 0.291. The number of nitrogens with zero attached hydrogens (tertiary/aromatic N) is 8. The highest BCUT2D eigenvalue weighted by Crippen LogP contribution is 2.24. The lowest BCUT2D eigenvalue weighted by Crippen LogP contribution is -2.47. The standard InChI is InChI=1S/C25H29N9O3/c1-35-15-16-36-19-6-4-18(5-7-19)32-11-8-31(9-12-32)10-13-33-23-20(17-27-33)24-28-22(21-3-2-14-37-21)30-34(24)25(26)29-23/h2-7,14,17H,8-13,15-16H2,1H3,(H2,26,29)/i1D3,8D2,9D2,11D2,12D2,13D2. The molecule has 192 valence electrons. The van der Waals surface area contributed by atoms with Crippen molar-refractivity contribution in [1.82, 2.24) is 34.3 Å². The first kappa shape index (κ1) is 12.9. The number of hydrogen-bond acceptors (Lipinski definition) is 10. The van der Waals surface area contributed by atoms with Gasteiger partial charge >= 0.3 is 0 Å². The fraction of sp³-hybridized carbons (Fsp3) is 0.360. The number of ether oxygens (including phenoxy) is 2. The normalized spacial score (nSPS) is 26.1. The molecule has 4 aromatic heterocycles. The molecule has 0 unspecified atom stereocenters. The molecule has 2 N–H and O–H groups in total. The number of benzene rings is 1. The molecular weight excluding hydrogens is 474 g/mol. The number of anilines is 2. The molecule has 0 atom stereocenters. The van der Waals surface area contributed by atoms with Gasteiger partial charge in [0.1, 0.15) is 12.4 Å². The minimum absolute atomic E-state index is 0.133. The van der Waals surface area contributed by atoms with Crippen LogP contribution in [0.15, 0.2) is 53.3 Å². The lowest BCUT2D eigenvalue weighted by atomic mass is 10.2. The van der Waals surface area contributed by atoms with Crippen LogP contribution in [0, 0.1) is 0 Å². The Hall–Kier alpha value is -4.16. The summed E-state index contributed by atoms with van der Waals surface area (Å²) in [5, 5.41) is 8.52. The molecule has 1 aliphatic heterocycles. The third-order valence-corrected chi connectivity index (χ3v) is 5.29. The maximum atomic E-state index is 8.89. The zero-order valence-electron chi connectivity index (χ0n) is 32.1. The topological polar surface area (TPSA) is 125 Å². The minimum atomic E-state index is -3.37. The van der Waals surface area contributed by atoms with E-state index in [1.165, 1.54) is 41.2 Å². The number of furan rings is 1. The van der Waals surface area contributed by atoms with Gasteiger partial charge in [-0.2, -0.15) is 14.6 Å². The van der Waals surface area contributed by atoms with E-state index in [0.29, 0.717) is 15.3 Å². The lowest BCUT2D eigenvalue weighted by Gasteiger charge is -2.36. The first-order valence-electron chi connectivity index (χ1n) is 17.5. The summed E-state index contributed by atoms with van der Waals surface area (Å²) in [6.45, 7) is -17.9. The van der Waals surface area contributed by atoms with Crippen LogP contribution < -0.4 is 15.4 Å². The van der Waals surface area contributed by atoms with Crippen molar-refractivity contribution in [2.45, 2.75) is 6.50 Å². The molecule has 1 saturated heterocycles. The Kier molecular flexibility index (Phi) is 3.51. The number of nitrogen functional groups attached to an aromatic ring is 1. The number of rotatable bonds is 9. The van der Waals surface area contributed by atoms with Gasteiger partial charge < -0.3 is 24.5 Å². The monoisotopic (exact) mass is 516 g/mol. The van der Waals surface area contributed by atoms with Crippen LogP contribution in [0.3, 0.4) is 0 Å². The molecule has 1 aromatic carbocycles. The Morgan fingerprint density at radius 3 is 2.76 bits per heavy atom. The van der Waals surface area contributed by atoms with E-state index >= 15 is 0 Å². The minimum Gasteiger partial charge on any atom is -0.491 e. The van der Waals surface area contributed by atoms with Crippen molar-refractivity contribution in [2.75, 3.05) is 63.4 Å². The van der Waals surface area contributed by atoms with Gasteiger partial charge in [0.25, 0.3) is 0 Å². The Morgan fingerprint density at radius 1 is 1.11 bits per heavy atom. The Bertz CT molecular complexity index is 1980. The van der Waals surface area contributed by atoms with E-state index in [-0.39, 0.29) is 58.0 Å². The third kappa shape index (κ3) is 4.68. The summed E-state index contributed by atoms with van der Waals surface area (Å²) in [4.78, 5) is 9.08. The average Bonchev–Trinajstić information content (AvgIpc) is 3.77. The van der Waals surface area contributed by atoms with E-state index in [2.05, 4.69) is 24.9 Å². The van der Waals surface area contributed by atoms with Crippen molar-refractivity contribution >= 4 is 28.3 Å². The van der Waals surface area contributed by atoms with Gasteiger partial charge in [-0.3, -0.25) is 4.90 Å². The summed E-state index contributed by atoms with van der Waals surface area (Å²) in [5.74, 6) is 0.419. The molecule has 37 heavy (non-hydrogen) atoms. The van der Waals surface area contributed by atoms with E-state index < -0.39 is 46.1 Å². The van der Waals surface area contributed by atoms with Gasteiger partial charge in [-0.15, -0.1) is 5.10 Å². The van der Waals surface area contributed by atoms with Crippen LogP contribution in [0.1, 0.15) is 17.8 Å². The van der Waals surface area contributed by atoms with Gasteiger partial charge in [0.05, 0.1) is 43.3 Å². The predicted molar refractivity (Wildman–Crippen MR) is 139 cm³/mol. The molecule has 0 aliphatic carbocycles. The highest BCUT2D eigenvalue weighted by Gasteiger charge is 2.20. The number of methoxy groups -OCH3 is 1. The lowest BCUT2D eigenvalue weighted by molar-refractivity contribution is 0.146. The van der Waals surface area contributed by atoms with E-state index in [0.717, 1.165) is 0 Å². The molecule has 0 bridgehead atoms. The molecule has 6 rings (SSSR count). The van der Waals surface area contributed by atoms with E-state index in [9.17, 15) is 0 Å². The highest BCUT2D eigenvalue weighted by molar-refractivity contribution is 5.90. The number of aromatic nitrogens is 6. The van der Waals surface area contributed by atoms with Crippen LogP contribution in [0.5, 0.6) is 5.75 Å². The fourth-order valence-corrected chi connectivity index (χ4v) is 3.55. The van der Waals surface area contributed by atoms with E-state index in [1.807, 2.05) is 0 Å². The van der Waals surface area contributed by atoms with Gasteiger partial charge in [0, 0.05) is 50.7 Å². The second-order valence-corrected chi connectivity index (χ2v) is 7.63. The summed E-state index contributed by atoms with van der Waals surface area (Å²) in [7, 11) is -2.61. The number of fused-ring (bicyclic) bond motifs is 3. The Labute approximate surface area is 231 Å². The van der Waals surface area contributed by atoms with E-state index in [1.54, 1.807) is 12.1 Å². The largest absolute Gasteiger partial charge is 0.491 e. The zero-order chi connectivity index (χ0) is 36.7. The van der Waals surface area contributed by atoms with Crippen LogP contribution in [-0.4, -0.2) is 87.0 Å². The van der Waals surface area contributed by atoms with Crippen LogP contribution in [0.4, 0.5) is 11.6 Å². The summed E-state index contributed by atoms with van der Waals surface area (Å²) in [6.07, 6.45) is 2.63. The molecular formula is C25H29N9O3. The van der Waals surface area contributed by atoms with Crippen LogP contribution in [-0.2, 0) is 11.2 Å². The van der Waals surface area contributed by atoms with Crippen molar-refractivity contribution < 1.29 is 31.7 Å². The Balaban J connectivity index is 1.31. The number of nitrogens with two attached hydrogens (primary N) is 1. The first-order chi connectivity index (χ1) is 23.1. The van der Waals surface area contributed by atoms with Crippen molar-refractivity contribution in [3.05, 3.63) is 48.9 Å². The summed E-state index contributed by atoms with van der Waals surface area (Å²) in [6, 6.07) is 8.20. The summed E-state index contributed by atoms with van der Waals surface area (Å²) < 4.78 is 127. The summed E-state index contributed by atoms with van der Waals surface area (Å²) in [5.41, 5.74) is 5.82. The number of hydrogen-bond donors (Lipinski definition) is 1. The maximum absolute atomic E-state index is 8.89. The van der Waals surface area contributed by atoms with Crippen LogP contribution in [0.25, 0.3) is 28.3 Å². The maximum Gasteiger partial charge on any atom is 0.225 e. The van der Waals surface area contributed by atoms with Gasteiger partial charge in [0.15, 0.2) is 17.1 Å². The molecule has 5 aromatic rings. The molecule has 12 heteroatoms. The molecule has 0 amide bonds. The van der Waals surface area contributed by atoms with Gasteiger partial charge in [0.2, 0.25) is 11.8 Å². The first-order valence-corrected chi connectivity index (χ1v) is 11.0. The van der Waals surface area contributed by atoms with Gasteiger partial charge in [-0.25, -0.2) is 9.67 Å². The SMILES string of the molecule is [2H]C([2H])([2H])OCCOc1ccc(N2C([2H])([2H])C([2H])([2H])N(CC([2H])([2H])n3ncc4c3nc(N)n3nc(-c5ccco5)nc43)C([2H])([2H])C2([2H])[2H])cc1. The van der Waals surface area contributed by atoms with Crippen molar-refractivity contribution in [2.24, 2.45) is 0 Å². The van der Waals surface area contributed by atoms with Crippen molar-refractivity contribution in [3.63, 3.8) is 0 Å². The van der Waals surface area contributed by atoms with Gasteiger partial charge in [-0.1, -0.05) is 0 Å². The molecule has 0 saturated carbocycles. The van der Waals surface area contributed by atoms with Crippen molar-refractivity contribution in [1.29, 1.82) is 0 Å². The molecule has 1 fully saturated rings. The second-order valence-electron chi connectivity index (χ2n) is 7.63. The van der Waals surface area contributed by atoms with Crippen LogP contribution >= 0.6 is 0 Å². The smallest absolute Gasteiger partial charge is 0.225 e. The summed E-state index contributed by atoms with van der Waals surface area (Å²) >= 11 is 0.